The first-order valence-corrected chi connectivity index (χ1v) is 7.89. The lowest BCUT2D eigenvalue weighted by Gasteiger charge is -2.00. The smallest absolute Gasteiger partial charge is 0.230 e. The molecule has 21 heavy (non-hydrogen) atoms. The lowest BCUT2D eigenvalue weighted by molar-refractivity contribution is -0.118. The fourth-order valence-corrected chi connectivity index (χ4v) is 2.47. The molecule has 0 saturated heterocycles. The molecular weight excluding hydrogens is 308 g/mol. The highest BCUT2D eigenvalue weighted by Gasteiger charge is 2.08. The van der Waals surface area contributed by atoms with E-state index in [1.54, 1.807) is 6.08 Å². The van der Waals surface area contributed by atoms with E-state index in [0.29, 0.717) is 23.1 Å². The van der Waals surface area contributed by atoms with Crippen molar-refractivity contribution in [3.05, 3.63) is 53.8 Å². The molecule has 110 valence electrons. The van der Waals surface area contributed by atoms with E-state index in [9.17, 15) is 4.79 Å². The van der Waals surface area contributed by atoms with Gasteiger partial charge in [-0.05, 0) is 12.1 Å². The fraction of sp³-hybridized carbons (Fsp3) is 0.200. The molecule has 4 nitrogen and oxygen atoms in total. The first kappa shape index (κ1) is 15.7. The minimum Gasteiger partial charge on any atom is -0.360 e. The number of carbonyl (C=O) groups excluding carboxylic acids is 1. The third-order valence-corrected chi connectivity index (χ3v) is 3.83. The fourth-order valence-electron chi connectivity index (χ4n) is 1.62. The SMILES string of the molecule is C=CCNC(=O)CSCc1cc(-c2ccc(Cl)cc2)no1. The number of halogens is 1. The van der Waals surface area contributed by atoms with Crippen LogP contribution in [0.2, 0.25) is 5.02 Å². The van der Waals surface area contributed by atoms with Crippen LogP contribution in [0.25, 0.3) is 11.3 Å². The van der Waals surface area contributed by atoms with Crippen molar-refractivity contribution in [2.24, 2.45) is 0 Å². The van der Waals surface area contributed by atoms with Crippen molar-refractivity contribution < 1.29 is 9.32 Å². The Labute approximate surface area is 132 Å². The summed E-state index contributed by atoms with van der Waals surface area (Å²) in [5.41, 5.74) is 1.71. The van der Waals surface area contributed by atoms with Crippen molar-refractivity contribution in [1.29, 1.82) is 0 Å². The maximum absolute atomic E-state index is 11.4. The molecule has 1 N–H and O–H groups in total. The van der Waals surface area contributed by atoms with Gasteiger partial charge in [0.1, 0.15) is 11.5 Å². The Kier molecular flexibility index (Phi) is 5.90. The topological polar surface area (TPSA) is 55.1 Å². The lowest BCUT2D eigenvalue weighted by Crippen LogP contribution is -2.24. The average molecular weight is 323 g/mol. The molecule has 6 heteroatoms. The molecule has 0 radical (unpaired) electrons. The van der Waals surface area contributed by atoms with E-state index in [1.165, 1.54) is 11.8 Å². The number of amides is 1. The van der Waals surface area contributed by atoms with Crippen LogP contribution in [0.3, 0.4) is 0 Å². The Bertz CT molecular complexity index is 610. The van der Waals surface area contributed by atoms with E-state index in [-0.39, 0.29) is 5.91 Å². The van der Waals surface area contributed by atoms with Crippen molar-refractivity contribution in [3.63, 3.8) is 0 Å². The second-order valence-electron chi connectivity index (χ2n) is 4.27. The normalized spacial score (nSPS) is 10.3. The Hall–Kier alpha value is -1.72. The highest BCUT2D eigenvalue weighted by Crippen LogP contribution is 2.23. The molecule has 1 heterocycles. The van der Waals surface area contributed by atoms with Gasteiger partial charge in [0.2, 0.25) is 5.91 Å². The van der Waals surface area contributed by atoms with E-state index in [0.717, 1.165) is 17.0 Å². The molecule has 0 aliphatic carbocycles. The second kappa shape index (κ2) is 7.90. The van der Waals surface area contributed by atoms with Gasteiger partial charge in [-0.25, -0.2) is 0 Å². The van der Waals surface area contributed by atoms with E-state index in [1.807, 2.05) is 30.3 Å². The number of hydrogen-bond donors (Lipinski definition) is 1. The van der Waals surface area contributed by atoms with Crippen molar-refractivity contribution in [3.8, 4) is 11.3 Å². The summed E-state index contributed by atoms with van der Waals surface area (Å²) < 4.78 is 5.26. The molecular formula is C15H15ClN2O2S. The second-order valence-corrected chi connectivity index (χ2v) is 5.69. The first-order valence-electron chi connectivity index (χ1n) is 6.36. The average Bonchev–Trinajstić information content (AvgIpc) is 2.95. The molecule has 0 atom stereocenters. The van der Waals surface area contributed by atoms with Crippen molar-refractivity contribution in [1.82, 2.24) is 10.5 Å². The summed E-state index contributed by atoms with van der Waals surface area (Å²) in [6.45, 7) is 4.03. The molecule has 1 amide bonds. The summed E-state index contributed by atoms with van der Waals surface area (Å²) in [5, 5.41) is 7.42. The number of rotatable bonds is 7. The van der Waals surface area contributed by atoms with Gasteiger partial charge in [0.15, 0.2) is 0 Å². The van der Waals surface area contributed by atoms with E-state index in [4.69, 9.17) is 16.1 Å². The maximum atomic E-state index is 11.4. The zero-order valence-electron chi connectivity index (χ0n) is 11.3. The first-order chi connectivity index (χ1) is 10.2. The number of nitrogens with one attached hydrogen (secondary N) is 1. The summed E-state index contributed by atoms with van der Waals surface area (Å²) in [6.07, 6.45) is 1.65. The molecule has 2 rings (SSSR count). The van der Waals surface area contributed by atoms with Gasteiger partial charge < -0.3 is 9.84 Å². The van der Waals surface area contributed by atoms with Crippen molar-refractivity contribution in [2.75, 3.05) is 12.3 Å². The van der Waals surface area contributed by atoms with E-state index < -0.39 is 0 Å². The van der Waals surface area contributed by atoms with Crippen molar-refractivity contribution in [2.45, 2.75) is 5.75 Å². The summed E-state index contributed by atoms with van der Waals surface area (Å²) in [4.78, 5) is 11.4. The third-order valence-electron chi connectivity index (χ3n) is 2.62. The van der Waals surface area contributed by atoms with Gasteiger partial charge in [0.05, 0.1) is 11.5 Å². The van der Waals surface area contributed by atoms with Gasteiger partial charge in [0, 0.05) is 23.2 Å². The number of carbonyl (C=O) groups is 1. The van der Waals surface area contributed by atoms with E-state index in [2.05, 4.69) is 17.1 Å². The van der Waals surface area contributed by atoms with Crippen LogP contribution >= 0.6 is 23.4 Å². The van der Waals surface area contributed by atoms with Gasteiger partial charge in [-0.3, -0.25) is 4.79 Å². The Balaban J connectivity index is 1.84. The number of aromatic nitrogens is 1. The monoisotopic (exact) mass is 322 g/mol. The predicted molar refractivity (Wildman–Crippen MR) is 86.3 cm³/mol. The molecule has 2 aromatic rings. The van der Waals surface area contributed by atoms with Crippen LogP contribution in [0, 0.1) is 0 Å². The summed E-state index contributed by atoms with van der Waals surface area (Å²) >= 11 is 7.32. The zero-order valence-corrected chi connectivity index (χ0v) is 12.9. The number of nitrogens with zero attached hydrogens (tertiary/aromatic N) is 1. The summed E-state index contributed by atoms with van der Waals surface area (Å²) in [5.74, 6) is 1.70. The number of benzene rings is 1. The Morgan fingerprint density at radius 1 is 1.43 bits per heavy atom. The standard InChI is InChI=1S/C15H15ClN2O2S/c1-2-7-17-15(19)10-21-9-13-8-14(18-20-13)11-3-5-12(16)6-4-11/h2-6,8H,1,7,9-10H2,(H,17,19). The molecule has 0 unspecified atom stereocenters. The summed E-state index contributed by atoms with van der Waals surface area (Å²) in [7, 11) is 0. The Morgan fingerprint density at radius 3 is 2.90 bits per heavy atom. The summed E-state index contributed by atoms with van der Waals surface area (Å²) in [6, 6.07) is 9.27. The largest absolute Gasteiger partial charge is 0.360 e. The van der Waals surface area contributed by atoms with Gasteiger partial charge >= 0.3 is 0 Å². The quantitative estimate of drug-likeness (QED) is 0.792. The van der Waals surface area contributed by atoms with Crippen LogP contribution in [-0.4, -0.2) is 23.4 Å². The minimum atomic E-state index is -0.0164. The van der Waals surface area contributed by atoms with Crippen LogP contribution in [0.5, 0.6) is 0 Å². The maximum Gasteiger partial charge on any atom is 0.230 e. The van der Waals surface area contributed by atoms with Crippen LogP contribution in [0.4, 0.5) is 0 Å². The lowest BCUT2D eigenvalue weighted by atomic mass is 10.1. The molecule has 0 bridgehead atoms. The predicted octanol–water partition coefficient (Wildman–Crippen LogP) is 3.53. The molecule has 0 spiro atoms. The molecule has 0 aliphatic heterocycles. The third kappa shape index (κ3) is 4.95. The van der Waals surface area contributed by atoms with Crippen molar-refractivity contribution >= 4 is 29.3 Å². The van der Waals surface area contributed by atoms with E-state index >= 15 is 0 Å². The molecule has 0 fully saturated rings. The molecule has 1 aromatic carbocycles. The van der Waals surface area contributed by atoms with Crippen LogP contribution < -0.4 is 5.32 Å². The molecule has 1 aromatic heterocycles. The zero-order chi connectivity index (χ0) is 15.1. The highest BCUT2D eigenvalue weighted by atomic mass is 35.5. The molecule has 0 aliphatic rings. The minimum absolute atomic E-state index is 0.0164. The van der Waals surface area contributed by atoms with Crippen LogP contribution in [-0.2, 0) is 10.5 Å². The van der Waals surface area contributed by atoms with Crippen LogP contribution in [0.1, 0.15) is 5.76 Å². The van der Waals surface area contributed by atoms with Gasteiger partial charge in [-0.2, -0.15) is 0 Å². The molecule has 0 saturated carbocycles. The van der Waals surface area contributed by atoms with Gasteiger partial charge in [0.25, 0.3) is 0 Å². The Morgan fingerprint density at radius 2 is 2.19 bits per heavy atom. The number of thioether (sulfide) groups is 1. The van der Waals surface area contributed by atoms with Gasteiger partial charge in [-0.15, -0.1) is 18.3 Å². The number of hydrogen-bond acceptors (Lipinski definition) is 4. The highest BCUT2D eigenvalue weighted by molar-refractivity contribution is 7.99. The van der Waals surface area contributed by atoms with Gasteiger partial charge in [-0.1, -0.05) is 35.0 Å². The van der Waals surface area contributed by atoms with Crippen LogP contribution in [0.15, 0.2) is 47.5 Å².